The Morgan fingerprint density at radius 1 is 1.14 bits per heavy atom. The lowest BCUT2D eigenvalue weighted by Gasteiger charge is -2.12. The first-order chi connectivity index (χ1) is 10.5. The smallest absolute Gasteiger partial charge is 0.156 e. The average Bonchev–Trinajstić information content (AvgIpc) is 2.89. The molecule has 0 spiro atoms. The van der Waals surface area contributed by atoms with E-state index in [1.165, 1.54) is 0 Å². The van der Waals surface area contributed by atoms with Crippen LogP contribution in [0, 0.1) is 5.92 Å². The Morgan fingerprint density at radius 3 is 2.45 bits per heavy atom. The Kier molecular flexibility index (Phi) is 4.27. The lowest BCUT2D eigenvalue weighted by molar-refractivity contribution is 0.271. The van der Waals surface area contributed by atoms with Crippen molar-refractivity contribution in [2.75, 3.05) is 6.61 Å². The van der Waals surface area contributed by atoms with Gasteiger partial charge in [0.2, 0.25) is 0 Å². The highest BCUT2D eigenvalue weighted by atomic mass is 35.5. The maximum absolute atomic E-state index is 6.32. The van der Waals surface area contributed by atoms with Gasteiger partial charge >= 0.3 is 0 Å². The zero-order valence-electron chi connectivity index (χ0n) is 12.4. The van der Waals surface area contributed by atoms with Crippen LogP contribution in [0.1, 0.15) is 13.8 Å². The number of rotatable bonds is 4. The third-order valence-electron chi connectivity index (χ3n) is 3.22. The number of fused-ring (bicyclic) bond motifs is 1. The van der Waals surface area contributed by atoms with Gasteiger partial charge in [0.25, 0.3) is 0 Å². The van der Waals surface area contributed by atoms with Crippen LogP contribution in [0.15, 0.2) is 36.4 Å². The lowest BCUT2D eigenvalue weighted by Crippen LogP contribution is -2.05. The van der Waals surface area contributed by atoms with Crippen molar-refractivity contribution in [3.8, 4) is 17.1 Å². The second-order valence-electron chi connectivity index (χ2n) is 5.58. The van der Waals surface area contributed by atoms with Gasteiger partial charge in [0.1, 0.15) is 5.82 Å². The quantitative estimate of drug-likeness (QED) is 0.677. The van der Waals surface area contributed by atoms with E-state index in [0.29, 0.717) is 28.3 Å². The molecule has 2 aromatic carbocycles. The number of nitrogens with zero attached hydrogens (tertiary/aromatic N) is 1. The van der Waals surface area contributed by atoms with Crippen molar-refractivity contribution in [2.45, 2.75) is 13.8 Å². The molecule has 0 aliphatic heterocycles. The van der Waals surface area contributed by atoms with Gasteiger partial charge in [-0.25, -0.2) is 4.98 Å². The molecule has 1 aromatic heterocycles. The van der Waals surface area contributed by atoms with E-state index >= 15 is 0 Å². The van der Waals surface area contributed by atoms with Gasteiger partial charge in [-0.2, -0.15) is 0 Å². The minimum Gasteiger partial charge on any atom is -0.490 e. The highest BCUT2D eigenvalue weighted by Crippen LogP contribution is 2.37. The molecule has 3 aromatic rings. The van der Waals surface area contributed by atoms with Crippen LogP contribution in [0.5, 0.6) is 5.75 Å². The van der Waals surface area contributed by atoms with Gasteiger partial charge in [-0.3, -0.25) is 0 Å². The molecule has 22 heavy (non-hydrogen) atoms. The van der Waals surface area contributed by atoms with E-state index < -0.39 is 0 Å². The van der Waals surface area contributed by atoms with Crippen molar-refractivity contribution < 1.29 is 4.74 Å². The molecule has 0 saturated carbocycles. The number of benzene rings is 2. The third kappa shape index (κ3) is 3.06. The first-order valence-corrected chi connectivity index (χ1v) is 7.87. The topological polar surface area (TPSA) is 37.9 Å². The van der Waals surface area contributed by atoms with Gasteiger partial charge in [0, 0.05) is 5.56 Å². The number of hydrogen-bond acceptors (Lipinski definition) is 2. The van der Waals surface area contributed by atoms with Crippen molar-refractivity contribution >= 4 is 34.2 Å². The summed E-state index contributed by atoms with van der Waals surface area (Å²) in [5.41, 5.74) is 2.72. The van der Waals surface area contributed by atoms with Crippen LogP contribution in [0.2, 0.25) is 10.0 Å². The van der Waals surface area contributed by atoms with E-state index in [0.717, 1.165) is 22.4 Å². The predicted molar refractivity (Wildman–Crippen MR) is 91.9 cm³/mol. The van der Waals surface area contributed by atoms with E-state index in [1.54, 1.807) is 0 Å². The van der Waals surface area contributed by atoms with Crippen molar-refractivity contribution in [1.82, 2.24) is 9.97 Å². The SMILES string of the molecule is CC(C)COc1c(Cl)cc(-c2nc3ccccc3[nH]2)cc1Cl. The van der Waals surface area contributed by atoms with E-state index in [-0.39, 0.29) is 0 Å². The van der Waals surface area contributed by atoms with Gasteiger partial charge < -0.3 is 9.72 Å². The molecule has 0 radical (unpaired) electrons. The number of aromatic amines is 1. The van der Waals surface area contributed by atoms with Gasteiger partial charge in [0.05, 0.1) is 27.7 Å². The summed E-state index contributed by atoms with van der Waals surface area (Å²) in [6.45, 7) is 4.72. The van der Waals surface area contributed by atoms with E-state index in [2.05, 4.69) is 23.8 Å². The standard InChI is InChI=1S/C17H16Cl2N2O/c1-10(2)9-22-16-12(18)7-11(8-13(16)19)17-20-14-5-3-4-6-15(14)21-17/h3-8,10H,9H2,1-2H3,(H,20,21). The van der Waals surface area contributed by atoms with Crippen molar-refractivity contribution in [3.63, 3.8) is 0 Å². The summed E-state index contributed by atoms with van der Waals surface area (Å²) in [7, 11) is 0. The Morgan fingerprint density at radius 2 is 1.82 bits per heavy atom. The summed E-state index contributed by atoms with van der Waals surface area (Å²) in [6, 6.07) is 11.5. The monoisotopic (exact) mass is 334 g/mol. The summed E-state index contributed by atoms with van der Waals surface area (Å²) >= 11 is 12.6. The molecular formula is C17H16Cl2N2O. The van der Waals surface area contributed by atoms with Gasteiger partial charge in [-0.05, 0) is 30.2 Å². The van der Waals surface area contributed by atoms with Crippen LogP contribution in [0.3, 0.4) is 0 Å². The first kappa shape index (κ1) is 15.2. The Bertz CT molecular complexity index is 755. The molecule has 0 amide bonds. The number of halogens is 2. The van der Waals surface area contributed by atoms with Gasteiger partial charge in [-0.15, -0.1) is 0 Å². The molecule has 3 rings (SSSR count). The number of H-pyrrole nitrogens is 1. The predicted octanol–water partition coefficient (Wildman–Crippen LogP) is 5.57. The number of ether oxygens (including phenoxy) is 1. The number of hydrogen-bond donors (Lipinski definition) is 1. The van der Waals surface area contributed by atoms with E-state index in [4.69, 9.17) is 27.9 Å². The highest BCUT2D eigenvalue weighted by Gasteiger charge is 2.13. The summed E-state index contributed by atoms with van der Waals surface area (Å²) in [6.07, 6.45) is 0. The van der Waals surface area contributed by atoms with Crippen LogP contribution < -0.4 is 4.74 Å². The fraction of sp³-hybridized carbons (Fsp3) is 0.235. The minimum atomic E-state index is 0.405. The molecule has 0 atom stereocenters. The van der Waals surface area contributed by atoms with Crippen LogP contribution >= 0.6 is 23.2 Å². The summed E-state index contributed by atoms with van der Waals surface area (Å²) in [5, 5.41) is 0.979. The molecule has 3 nitrogen and oxygen atoms in total. The largest absolute Gasteiger partial charge is 0.490 e. The van der Waals surface area contributed by atoms with Crippen molar-refractivity contribution in [2.24, 2.45) is 5.92 Å². The maximum Gasteiger partial charge on any atom is 0.156 e. The molecule has 1 N–H and O–H groups in total. The fourth-order valence-electron chi connectivity index (χ4n) is 2.17. The Hall–Kier alpha value is -1.71. The summed E-state index contributed by atoms with van der Waals surface area (Å²) < 4.78 is 5.68. The number of nitrogens with one attached hydrogen (secondary N) is 1. The van der Waals surface area contributed by atoms with E-state index in [1.807, 2.05) is 36.4 Å². The molecule has 114 valence electrons. The second-order valence-corrected chi connectivity index (χ2v) is 6.39. The highest BCUT2D eigenvalue weighted by molar-refractivity contribution is 6.37. The third-order valence-corrected chi connectivity index (χ3v) is 3.78. The van der Waals surface area contributed by atoms with E-state index in [9.17, 15) is 0 Å². The molecule has 5 heteroatoms. The fourth-order valence-corrected chi connectivity index (χ4v) is 2.77. The molecule has 0 bridgehead atoms. The zero-order valence-corrected chi connectivity index (χ0v) is 13.9. The molecule has 0 aliphatic carbocycles. The minimum absolute atomic E-state index is 0.405. The zero-order chi connectivity index (χ0) is 15.7. The number of para-hydroxylation sites is 2. The van der Waals surface area contributed by atoms with Crippen LogP contribution in [0.4, 0.5) is 0 Å². The Labute approximate surface area is 139 Å². The van der Waals surface area contributed by atoms with Gasteiger partial charge in [0.15, 0.2) is 5.75 Å². The van der Waals surface area contributed by atoms with Crippen LogP contribution in [-0.2, 0) is 0 Å². The van der Waals surface area contributed by atoms with Crippen LogP contribution in [0.25, 0.3) is 22.4 Å². The molecule has 0 fully saturated rings. The first-order valence-electron chi connectivity index (χ1n) is 7.11. The molecule has 0 aliphatic rings. The maximum atomic E-state index is 6.32. The lowest BCUT2D eigenvalue weighted by atomic mass is 10.2. The second kappa shape index (κ2) is 6.19. The van der Waals surface area contributed by atoms with Gasteiger partial charge in [-0.1, -0.05) is 49.2 Å². The Balaban J connectivity index is 1.98. The summed E-state index contributed by atoms with van der Waals surface area (Å²) in [5.74, 6) is 1.67. The normalized spacial score (nSPS) is 11.3. The average molecular weight is 335 g/mol. The van der Waals surface area contributed by atoms with Crippen molar-refractivity contribution in [1.29, 1.82) is 0 Å². The molecule has 0 unspecified atom stereocenters. The summed E-state index contributed by atoms with van der Waals surface area (Å²) in [4.78, 5) is 7.82. The number of imidazole rings is 1. The number of aromatic nitrogens is 2. The molecule has 1 heterocycles. The van der Waals surface area contributed by atoms with Crippen molar-refractivity contribution in [3.05, 3.63) is 46.4 Å². The molecule has 0 saturated heterocycles. The van der Waals surface area contributed by atoms with Crippen LogP contribution in [-0.4, -0.2) is 16.6 Å². The molecular weight excluding hydrogens is 319 g/mol.